The molecule has 0 radical (unpaired) electrons. The molecule has 0 atom stereocenters. The summed E-state index contributed by atoms with van der Waals surface area (Å²) in [6.45, 7) is 17.2. The average Bonchev–Trinajstić information content (AvgIpc) is 2.75. The van der Waals surface area contributed by atoms with E-state index < -0.39 is 21.7 Å². The Morgan fingerprint density at radius 1 is 0.914 bits per heavy atom. The fraction of sp³-hybridized carbons (Fsp3) is 0.536. The third-order valence-electron chi connectivity index (χ3n) is 5.80. The lowest BCUT2D eigenvalue weighted by molar-refractivity contribution is 0.0381. The number of benzene rings is 2. The van der Waals surface area contributed by atoms with Crippen LogP contribution >= 0.6 is 15.9 Å². The number of sulfonamides is 1. The van der Waals surface area contributed by atoms with Gasteiger partial charge >= 0.3 is 6.09 Å². The molecule has 0 fully saturated rings. The van der Waals surface area contributed by atoms with E-state index in [1.165, 1.54) is 0 Å². The van der Waals surface area contributed by atoms with Gasteiger partial charge in [-0.3, -0.25) is 0 Å². The second-order valence-corrected chi connectivity index (χ2v) is 13.2. The van der Waals surface area contributed by atoms with E-state index in [0.29, 0.717) is 5.33 Å². The number of rotatable bonds is 8. The highest BCUT2D eigenvalue weighted by atomic mass is 79.9. The molecule has 5 nitrogen and oxygen atoms in total. The van der Waals surface area contributed by atoms with Crippen molar-refractivity contribution in [1.82, 2.24) is 4.31 Å². The van der Waals surface area contributed by atoms with Crippen LogP contribution in [-0.4, -0.2) is 24.4 Å². The van der Waals surface area contributed by atoms with Crippen LogP contribution in [0, 0.1) is 0 Å². The van der Waals surface area contributed by atoms with Crippen LogP contribution in [0.5, 0.6) is 0 Å². The molecule has 0 saturated carbocycles. The van der Waals surface area contributed by atoms with Crippen molar-refractivity contribution >= 4 is 32.0 Å². The third-order valence-corrected chi connectivity index (χ3v) is 8.25. The Balaban J connectivity index is 2.84. The van der Waals surface area contributed by atoms with Crippen molar-refractivity contribution in [3.63, 3.8) is 0 Å². The smallest absolute Gasteiger partial charge is 0.424 e. The summed E-state index contributed by atoms with van der Waals surface area (Å²) < 4.78 is 35.3. The van der Waals surface area contributed by atoms with Gasteiger partial charge in [0, 0.05) is 5.33 Å². The predicted molar refractivity (Wildman–Crippen MR) is 147 cm³/mol. The van der Waals surface area contributed by atoms with Crippen LogP contribution in [0.15, 0.2) is 41.3 Å². The lowest BCUT2D eigenvalue weighted by atomic mass is 9.89. The zero-order chi connectivity index (χ0) is 26.7. The molecule has 0 aliphatic rings. The zero-order valence-electron chi connectivity index (χ0n) is 22.5. The van der Waals surface area contributed by atoms with Gasteiger partial charge in [0.25, 0.3) is 10.0 Å². The summed E-state index contributed by atoms with van der Waals surface area (Å²) in [5.74, 6) is 0.145. The molecular formula is C28H40BrNO4S. The maximum absolute atomic E-state index is 14.4. The van der Waals surface area contributed by atoms with Crippen LogP contribution in [0.25, 0.3) is 0 Å². The fourth-order valence-electron chi connectivity index (χ4n) is 3.85. The monoisotopic (exact) mass is 565 g/mol. The molecule has 0 aromatic heterocycles. The van der Waals surface area contributed by atoms with Gasteiger partial charge in [0.1, 0.15) is 5.60 Å². The fourth-order valence-corrected chi connectivity index (χ4v) is 6.35. The van der Waals surface area contributed by atoms with Gasteiger partial charge in [0.05, 0.1) is 11.4 Å². The number of hydrogen-bond donors (Lipinski definition) is 0. The summed E-state index contributed by atoms with van der Waals surface area (Å²) in [6, 6.07) is 11.5. The largest absolute Gasteiger partial charge is 0.443 e. The van der Waals surface area contributed by atoms with E-state index in [1.54, 1.807) is 20.8 Å². The number of carbonyl (C=O) groups excluding carboxylic acids is 1. The first-order chi connectivity index (χ1) is 16.1. The Bertz CT molecular complexity index is 1120. The normalized spacial score (nSPS) is 12.5. The van der Waals surface area contributed by atoms with E-state index in [4.69, 9.17) is 4.74 Å². The van der Waals surface area contributed by atoms with Gasteiger partial charge in [0.2, 0.25) is 0 Å². The maximum Gasteiger partial charge on any atom is 0.424 e. The highest BCUT2D eigenvalue weighted by Gasteiger charge is 2.37. The lowest BCUT2D eigenvalue weighted by Gasteiger charge is -2.30. The summed E-state index contributed by atoms with van der Waals surface area (Å²) >= 11 is 3.48. The van der Waals surface area contributed by atoms with Crippen LogP contribution in [0.1, 0.15) is 108 Å². The van der Waals surface area contributed by atoms with Crippen LogP contribution in [0.3, 0.4) is 0 Å². The first-order valence-corrected chi connectivity index (χ1v) is 14.7. The number of halogens is 1. The van der Waals surface area contributed by atoms with Gasteiger partial charge < -0.3 is 4.74 Å². The number of alkyl halides is 1. The number of amides is 1. The standard InChI is InChI=1S/C28H40BrNO4S/c1-18(2)23-14-24(19(3)4)26(25(15-23)20(5)6)35(32,33)30(27(31)34-28(7,8)9)17-22-13-11-10-12-21(22)16-29/h10-15,18-20H,16-17H2,1-9H3. The summed E-state index contributed by atoms with van der Waals surface area (Å²) in [5, 5.41) is 0.545. The molecular weight excluding hydrogens is 526 g/mol. The molecule has 0 aliphatic heterocycles. The summed E-state index contributed by atoms with van der Waals surface area (Å²) in [5.41, 5.74) is 3.35. The lowest BCUT2D eigenvalue weighted by Crippen LogP contribution is -2.41. The van der Waals surface area contributed by atoms with Gasteiger partial charge in [-0.15, -0.1) is 0 Å². The molecule has 0 saturated heterocycles. The molecule has 0 aliphatic carbocycles. The third kappa shape index (κ3) is 7.10. The SMILES string of the molecule is CC(C)c1cc(C(C)C)c(S(=O)(=O)N(Cc2ccccc2CBr)C(=O)OC(C)(C)C)c(C(C)C)c1. The van der Waals surface area contributed by atoms with Crippen LogP contribution in [-0.2, 0) is 26.6 Å². The van der Waals surface area contributed by atoms with E-state index in [2.05, 4.69) is 29.8 Å². The minimum atomic E-state index is -4.25. The number of carbonyl (C=O) groups is 1. The van der Waals surface area contributed by atoms with E-state index in [-0.39, 0.29) is 29.2 Å². The van der Waals surface area contributed by atoms with Crippen LogP contribution in [0.2, 0.25) is 0 Å². The molecule has 1 amide bonds. The molecule has 7 heteroatoms. The Morgan fingerprint density at radius 2 is 1.40 bits per heavy atom. The minimum absolute atomic E-state index is 0.0497. The minimum Gasteiger partial charge on any atom is -0.443 e. The van der Waals surface area contributed by atoms with Crippen molar-refractivity contribution in [3.8, 4) is 0 Å². The average molecular weight is 567 g/mol. The topological polar surface area (TPSA) is 63.7 Å². The number of hydrogen-bond acceptors (Lipinski definition) is 4. The molecule has 2 aromatic carbocycles. The summed E-state index contributed by atoms with van der Waals surface area (Å²) in [4.78, 5) is 13.6. The molecule has 35 heavy (non-hydrogen) atoms. The molecule has 0 bridgehead atoms. The van der Waals surface area contributed by atoms with Crippen molar-refractivity contribution in [3.05, 3.63) is 64.2 Å². The molecule has 194 valence electrons. The van der Waals surface area contributed by atoms with Crippen molar-refractivity contribution in [2.45, 2.75) is 102 Å². The molecule has 0 heterocycles. The van der Waals surface area contributed by atoms with Gasteiger partial charge in [-0.25, -0.2) is 13.2 Å². The second kappa shape index (κ2) is 11.5. The highest BCUT2D eigenvalue weighted by molar-refractivity contribution is 9.08. The van der Waals surface area contributed by atoms with Crippen molar-refractivity contribution in [2.75, 3.05) is 0 Å². The first-order valence-electron chi connectivity index (χ1n) is 12.2. The molecule has 0 N–H and O–H groups in total. The van der Waals surface area contributed by atoms with E-state index in [0.717, 1.165) is 32.1 Å². The molecule has 0 unspecified atom stereocenters. The highest BCUT2D eigenvalue weighted by Crippen LogP contribution is 2.37. The first kappa shape index (κ1) is 29.4. The Kier molecular flexibility index (Phi) is 9.62. The van der Waals surface area contributed by atoms with Crippen LogP contribution in [0.4, 0.5) is 4.79 Å². The summed E-state index contributed by atoms with van der Waals surface area (Å²) in [6.07, 6.45) is -0.876. The van der Waals surface area contributed by atoms with Gasteiger partial charge in [-0.05, 0) is 66.3 Å². The van der Waals surface area contributed by atoms with Gasteiger partial charge in [-0.1, -0.05) is 93.9 Å². The van der Waals surface area contributed by atoms with Crippen LogP contribution < -0.4 is 0 Å². The Hall–Kier alpha value is -1.86. The predicted octanol–water partition coefficient (Wildman–Crippen LogP) is 8.08. The van der Waals surface area contributed by atoms with Crippen molar-refractivity contribution in [1.29, 1.82) is 0 Å². The summed E-state index contributed by atoms with van der Waals surface area (Å²) in [7, 11) is -4.25. The Morgan fingerprint density at radius 3 is 1.80 bits per heavy atom. The quantitative estimate of drug-likeness (QED) is 0.303. The Labute approximate surface area is 220 Å². The van der Waals surface area contributed by atoms with E-state index in [1.807, 2.05) is 64.1 Å². The second-order valence-electron chi connectivity index (χ2n) is 10.9. The molecule has 2 rings (SSSR count). The van der Waals surface area contributed by atoms with Gasteiger partial charge in [-0.2, -0.15) is 4.31 Å². The van der Waals surface area contributed by atoms with Gasteiger partial charge in [0.15, 0.2) is 0 Å². The molecule has 2 aromatic rings. The number of ether oxygens (including phenoxy) is 1. The van der Waals surface area contributed by atoms with Crippen molar-refractivity contribution in [2.24, 2.45) is 0 Å². The van der Waals surface area contributed by atoms with E-state index in [9.17, 15) is 13.2 Å². The maximum atomic E-state index is 14.4. The van der Waals surface area contributed by atoms with Crippen molar-refractivity contribution < 1.29 is 17.9 Å². The van der Waals surface area contributed by atoms with E-state index >= 15 is 0 Å². The number of nitrogens with zero attached hydrogens (tertiary/aromatic N) is 1. The molecule has 0 spiro atoms. The zero-order valence-corrected chi connectivity index (χ0v) is 24.9.